The van der Waals surface area contributed by atoms with Gasteiger partial charge in [0.1, 0.15) is 4.83 Å². The van der Waals surface area contributed by atoms with Crippen LogP contribution in [0, 0.1) is 6.92 Å². The van der Waals surface area contributed by atoms with Crippen LogP contribution in [0.25, 0.3) is 10.2 Å². The van der Waals surface area contributed by atoms with Gasteiger partial charge in [0.05, 0.1) is 11.1 Å². The molecule has 0 unspecified atom stereocenters. The lowest BCUT2D eigenvalue weighted by atomic mass is 10.1. The molecule has 0 fully saturated rings. The molecule has 1 N–H and O–H groups in total. The Kier molecular flexibility index (Phi) is 5.06. The molecule has 27 heavy (non-hydrogen) atoms. The minimum absolute atomic E-state index is 0.00205. The van der Waals surface area contributed by atoms with Crippen molar-refractivity contribution in [1.29, 1.82) is 0 Å². The van der Waals surface area contributed by atoms with E-state index >= 15 is 0 Å². The molecular weight excluding hydrogens is 378 g/mol. The van der Waals surface area contributed by atoms with Crippen molar-refractivity contribution < 1.29 is 4.79 Å². The Balaban J connectivity index is 1.46. The molecule has 4 rings (SSSR count). The molecule has 2 aromatic heterocycles. The van der Waals surface area contributed by atoms with Gasteiger partial charge in [0, 0.05) is 18.5 Å². The fourth-order valence-electron chi connectivity index (χ4n) is 3.42. The van der Waals surface area contributed by atoms with Gasteiger partial charge in [-0.25, -0.2) is 4.98 Å². The molecule has 3 aromatic rings. The minimum Gasteiger partial charge on any atom is -0.351 e. The smallest absolute Gasteiger partial charge is 0.262 e. The molecule has 0 saturated heterocycles. The summed E-state index contributed by atoms with van der Waals surface area (Å²) in [5, 5.41) is 4.32. The fourth-order valence-corrected chi connectivity index (χ4v) is 5.52. The van der Waals surface area contributed by atoms with Crippen LogP contribution < -0.4 is 10.9 Å². The first-order valence-corrected chi connectivity index (χ1v) is 10.8. The van der Waals surface area contributed by atoms with Crippen molar-refractivity contribution in [3.8, 4) is 0 Å². The second-order valence-corrected chi connectivity index (χ2v) is 8.81. The molecule has 0 aliphatic heterocycles. The zero-order valence-corrected chi connectivity index (χ0v) is 17.0. The van der Waals surface area contributed by atoms with Crippen molar-refractivity contribution in [2.45, 2.75) is 37.9 Å². The van der Waals surface area contributed by atoms with E-state index in [9.17, 15) is 9.59 Å². The zero-order chi connectivity index (χ0) is 19.0. The maximum Gasteiger partial charge on any atom is 0.262 e. The molecule has 1 aliphatic carbocycles. The Morgan fingerprint density at radius 1 is 1.33 bits per heavy atom. The Morgan fingerprint density at radius 2 is 2.15 bits per heavy atom. The highest BCUT2D eigenvalue weighted by Crippen LogP contribution is 2.35. The van der Waals surface area contributed by atoms with Crippen molar-refractivity contribution >= 4 is 39.2 Å². The summed E-state index contributed by atoms with van der Waals surface area (Å²) in [6.45, 7) is 2.54. The van der Waals surface area contributed by atoms with E-state index in [2.05, 4.69) is 10.3 Å². The normalized spacial score (nSPS) is 13.1. The Bertz CT molecular complexity index is 1080. The van der Waals surface area contributed by atoms with Crippen molar-refractivity contribution in [2.75, 3.05) is 5.75 Å². The summed E-state index contributed by atoms with van der Waals surface area (Å²) in [6.07, 6.45) is 3.14. The number of aryl methyl sites for hydroxylation is 3. The molecule has 140 valence electrons. The predicted octanol–water partition coefficient (Wildman–Crippen LogP) is 3.20. The van der Waals surface area contributed by atoms with Crippen LogP contribution in [-0.4, -0.2) is 21.2 Å². The Labute approximate surface area is 165 Å². The van der Waals surface area contributed by atoms with E-state index in [1.54, 1.807) is 23.0 Å². The zero-order valence-electron chi connectivity index (χ0n) is 15.4. The number of fused-ring (bicyclic) bond motifs is 3. The molecule has 0 saturated carbocycles. The molecule has 0 spiro atoms. The van der Waals surface area contributed by atoms with Crippen LogP contribution in [0.1, 0.15) is 28.0 Å². The molecule has 7 heteroatoms. The van der Waals surface area contributed by atoms with Crippen LogP contribution in [-0.2, 0) is 31.2 Å². The lowest BCUT2D eigenvalue weighted by molar-refractivity contribution is -0.118. The Morgan fingerprint density at radius 3 is 2.96 bits per heavy atom. The second kappa shape index (κ2) is 7.48. The van der Waals surface area contributed by atoms with Gasteiger partial charge in [-0.15, -0.1) is 11.3 Å². The van der Waals surface area contributed by atoms with E-state index in [4.69, 9.17) is 0 Å². The van der Waals surface area contributed by atoms with Crippen LogP contribution in [0.3, 0.4) is 0 Å². The largest absolute Gasteiger partial charge is 0.351 e. The van der Waals surface area contributed by atoms with Gasteiger partial charge in [0.15, 0.2) is 5.16 Å². The quantitative estimate of drug-likeness (QED) is 0.529. The van der Waals surface area contributed by atoms with Crippen LogP contribution in [0.2, 0.25) is 0 Å². The first kappa shape index (κ1) is 18.3. The molecule has 1 aliphatic rings. The monoisotopic (exact) mass is 399 g/mol. The number of benzene rings is 1. The third-order valence-corrected chi connectivity index (χ3v) is 7.19. The molecule has 1 aromatic carbocycles. The number of hydrogen-bond donors (Lipinski definition) is 1. The number of carbonyl (C=O) groups excluding carboxylic acids is 1. The van der Waals surface area contributed by atoms with E-state index in [0.717, 1.165) is 40.6 Å². The predicted molar refractivity (Wildman–Crippen MR) is 111 cm³/mol. The number of rotatable bonds is 5. The summed E-state index contributed by atoms with van der Waals surface area (Å²) < 4.78 is 1.58. The SMILES string of the molecule is Cc1ccccc1CNC(=O)CSc1nc2sc3c(c2c(=O)n1C)CCC3. The van der Waals surface area contributed by atoms with Crippen molar-refractivity contribution in [3.05, 3.63) is 56.2 Å². The van der Waals surface area contributed by atoms with Gasteiger partial charge < -0.3 is 5.32 Å². The van der Waals surface area contributed by atoms with E-state index in [-0.39, 0.29) is 17.2 Å². The van der Waals surface area contributed by atoms with Crippen LogP contribution in [0.15, 0.2) is 34.2 Å². The number of hydrogen-bond acceptors (Lipinski definition) is 5. The van der Waals surface area contributed by atoms with E-state index in [1.165, 1.54) is 22.2 Å². The molecule has 1 amide bonds. The maximum absolute atomic E-state index is 12.8. The van der Waals surface area contributed by atoms with Gasteiger partial charge in [-0.1, -0.05) is 36.0 Å². The van der Waals surface area contributed by atoms with Gasteiger partial charge in [-0.3, -0.25) is 14.2 Å². The summed E-state index contributed by atoms with van der Waals surface area (Å²) in [6, 6.07) is 8.00. The maximum atomic E-state index is 12.8. The average molecular weight is 400 g/mol. The minimum atomic E-state index is -0.0636. The van der Waals surface area contributed by atoms with Crippen molar-refractivity contribution in [2.24, 2.45) is 7.05 Å². The van der Waals surface area contributed by atoms with Crippen LogP contribution in [0.4, 0.5) is 0 Å². The fraction of sp³-hybridized carbons (Fsp3) is 0.350. The number of nitrogens with zero attached hydrogens (tertiary/aromatic N) is 2. The van der Waals surface area contributed by atoms with Gasteiger partial charge in [0.2, 0.25) is 5.91 Å². The highest BCUT2D eigenvalue weighted by molar-refractivity contribution is 7.99. The third-order valence-electron chi connectivity index (χ3n) is 4.97. The summed E-state index contributed by atoms with van der Waals surface area (Å²) in [5.41, 5.74) is 3.46. The first-order chi connectivity index (χ1) is 13.0. The molecular formula is C20H21N3O2S2. The average Bonchev–Trinajstić information content (AvgIpc) is 3.23. The number of aromatic nitrogens is 2. The number of thiophene rings is 1. The Hall–Kier alpha value is -2.12. The second-order valence-electron chi connectivity index (χ2n) is 6.79. The first-order valence-electron chi connectivity index (χ1n) is 9.00. The van der Waals surface area contributed by atoms with Crippen LogP contribution in [0.5, 0.6) is 0 Å². The molecule has 5 nitrogen and oxygen atoms in total. The van der Waals surface area contributed by atoms with Crippen molar-refractivity contribution in [3.63, 3.8) is 0 Å². The third kappa shape index (κ3) is 3.53. The number of nitrogens with one attached hydrogen (secondary N) is 1. The lowest BCUT2D eigenvalue weighted by Gasteiger charge is -2.09. The van der Waals surface area contributed by atoms with Gasteiger partial charge in [0.25, 0.3) is 5.56 Å². The highest BCUT2D eigenvalue weighted by atomic mass is 32.2. The summed E-state index contributed by atoms with van der Waals surface area (Å²) in [4.78, 5) is 31.8. The molecule has 2 heterocycles. The van der Waals surface area contributed by atoms with Crippen molar-refractivity contribution in [1.82, 2.24) is 14.9 Å². The summed E-state index contributed by atoms with van der Waals surface area (Å²) in [5.74, 6) is 0.175. The number of thioether (sulfide) groups is 1. The molecule has 0 atom stereocenters. The standard InChI is InChI=1S/C20H21N3O2S2/c1-12-6-3-4-7-13(12)10-21-16(24)11-26-20-22-18-17(19(25)23(20)2)14-8-5-9-15(14)27-18/h3-4,6-7H,5,8-11H2,1-2H3,(H,21,24). The van der Waals surface area contributed by atoms with Gasteiger partial charge in [-0.05, 0) is 42.9 Å². The lowest BCUT2D eigenvalue weighted by Crippen LogP contribution is -2.26. The topological polar surface area (TPSA) is 64.0 Å². The van der Waals surface area contributed by atoms with Gasteiger partial charge in [-0.2, -0.15) is 0 Å². The van der Waals surface area contributed by atoms with E-state index < -0.39 is 0 Å². The highest BCUT2D eigenvalue weighted by Gasteiger charge is 2.22. The molecule has 0 bridgehead atoms. The summed E-state index contributed by atoms with van der Waals surface area (Å²) >= 11 is 2.94. The molecule has 0 radical (unpaired) electrons. The number of amides is 1. The van der Waals surface area contributed by atoms with E-state index in [0.29, 0.717) is 11.7 Å². The van der Waals surface area contributed by atoms with E-state index in [1.807, 2.05) is 31.2 Å². The number of carbonyl (C=O) groups is 1. The van der Waals surface area contributed by atoms with Crippen LogP contribution >= 0.6 is 23.1 Å². The van der Waals surface area contributed by atoms with Gasteiger partial charge >= 0.3 is 0 Å². The summed E-state index contributed by atoms with van der Waals surface area (Å²) in [7, 11) is 1.74.